The Morgan fingerprint density at radius 2 is 1.95 bits per heavy atom. The van der Waals surface area contributed by atoms with Gasteiger partial charge in [0.25, 0.3) is 0 Å². The van der Waals surface area contributed by atoms with Gasteiger partial charge >= 0.3 is 0 Å². The van der Waals surface area contributed by atoms with E-state index in [1.807, 2.05) is 24.8 Å². The van der Waals surface area contributed by atoms with Crippen LogP contribution in [0.3, 0.4) is 0 Å². The highest BCUT2D eigenvalue weighted by molar-refractivity contribution is 7.79. The first-order valence-electron chi connectivity index (χ1n) is 5.30. The van der Waals surface area contributed by atoms with Crippen molar-refractivity contribution in [1.82, 2.24) is 4.98 Å². The maximum absolute atomic E-state index is 8.63. The number of nitrogens with one attached hydrogen (secondary N) is 1. The maximum atomic E-state index is 8.63. The Balaban J connectivity index is 0.000000312. The third-order valence-electron chi connectivity index (χ3n) is 2.18. The van der Waals surface area contributed by atoms with Gasteiger partial charge in [0, 0.05) is 0 Å². The van der Waals surface area contributed by atoms with Crippen molar-refractivity contribution in [1.29, 1.82) is 0 Å². The Morgan fingerprint density at radius 1 is 1.37 bits per heavy atom. The molecule has 0 aliphatic heterocycles. The molecule has 2 rings (SSSR count). The van der Waals surface area contributed by atoms with Crippen LogP contribution in [-0.2, 0) is 16.9 Å². The van der Waals surface area contributed by atoms with Gasteiger partial charge in [0.1, 0.15) is 18.9 Å². The minimum absolute atomic E-state index is 0.904. The number of aromatic amines is 1. The molecule has 2 N–H and O–H groups in total. The SMILES string of the molecule is C=Cc1ccc(C[n+]2cc[nH]c2)cc1.O=S(=O)([O-])O. The molecule has 0 spiro atoms. The monoisotopic (exact) mass is 282 g/mol. The number of aromatic nitrogens is 2. The number of hydrogen-bond acceptors (Lipinski definition) is 3. The molecule has 0 bridgehead atoms. The van der Waals surface area contributed by atoms with Gasteiger partial charge in [-0.1, -0.05) is 36.9 Å². The van der Waals surface area contributed by atoms with Gasteiger partial charge in [-0.2, -0.15) is 0 Å². The van der Waals surface area contributed by atoms with E-state index in [1.165, 1.54) is 5.56 Å². The summed E-state index contributed by atoms with van der Waals surface area (Å²) in [4.78, 5) is 3.02. The molecule has 1 aromatic carbocycles. The normalized spacial score (nSPS) is 10.4. The van der Waals surface area contributed by atoms with Crippen LogP contribution in [0.5, 0.6) is 0 Å². The average molecular weight is 282 g/mol. The van der Waals surface area contributed by atoms with E-state index in [2.05, 4.69) is 40.4 Å². The molecule has 0 atom stereocenters. The molecule has 1 aromatic heterocycles. The van der Waals surface area contributed by atoms with E-state index in [0.29, 0.717) is 0 Å². The maximum Gasteiger partial charge on any atom is 0.241 e. The first-order valence-corrected chi connectivity index (χ1v) is 6.66. The third kappa shape index (κ3) is 7.14. The molecule has 0 saturated carbocycles. The van der Waals surface area contributed by atoms with Gasteiger partial charge in [0.15, 0.2) is 0 Å². The van der Waals surface area contributed by atoms with Crippen LogP contribution < -0.4 is 4.57 Å². The lowest BCUT2D eigenvalue weighted by Gasteiger charge is -1.98. The molecule has 1 heterocycles. The standard InChI is InChI=1S/C12H12N2.H2O4S/c1-2-11-3-5-12(6-4-11)9-14-8-7-13-10-14;1-5(2,3)4/h2-8,10H,1,9H2;(H2,1,2,3,4). The molecule has 7 heteroatoms. The van der Waals surface area contributed by atoms with Crippen molar-refractivity contribution in [2.45, 2.75) is 6.54 Å². The van der Waals surface area contributed by atoms with E-state index in [9.17, 15) is 0 Å². The molecule has 2 aromatic rings. The van der Waals surface area contributed by atoms with Crippen molar-refractivity contribution in [3.8, 4) is 0 Å². The fraction of sp³-hybridized carbons (Fsp3) is 0.0833. The van der Waals surface area contributed by atoms with Crippen LogP contribution in [0, 0.1) is 0 Å². The second-order valence-corrected chi connectivity index (χ2v) is 4.51. The number of H-pyrrole nitrogens is 1. The lowest BCUT2D eigenvalue weighted by Crippen LogP contribution is -2.30. The first-order chi connectivity index (χ1) is 8.88. The topological polar surface area (TPSA) is 97.1 Å². The molecule has 0 saturated heterocycles. The molecule has 0 aliphatic carbocycles. The molecule has 0 fully saturated rings. The van der Waals surface area contributed by atoms with Gasteiger partial charge in [-0.15, -0.1) is 0 Å². The summed E-state index contributed by atoms with van der Waals surface area (Å²) >= 11 is 0. The summed E-state index contributed by atoms with van der Waals surface area (Å²) in [6, 6.07) is 8.40. The Hall–Kier alpha value is -1.96. The van der Waals surface area contributed by atoms with Crippen LogP contribution in [0.25, 0.3) is 6.08 Å². The Bertz CT molecular complexity index is 596. The summed E-state index contributed by atoms with van der Waals surface area (Å²) in [6.07, 6.45) is 7.73. The summed E-state index contributed by atoms with van der Waals surface area (Å²) in [6.45, 7) is 4.63. The number of hydrogen-bond donors (Lipinski definition) is 2. The predicted octanol–water partition coefficient (Wildman–Crippen LogP) is 0.998. The van der Waals surface area contributed by atoms with E-state index < -0.39 is 10.4 Å². The van der Waals surface area contributed by atoms with Crippen LogP contribution in [0.15, 0.2) is 49.6 Å². The fourth-order valence-electron chi connectivity index (χ4n) is 1.39. The van der Waals surface area contributed by atoms with Gasteiger partial charge in [-0.25, -0.2) is 13.0 Å². The Labute approximate surface area is 111 Å². The highest BCUT2D eigenvalue weighted by atomic mass is 32.3. The van der Waals surface area contributed by atoms with Crippen LogP contribution in [0.2, 0.25) is 0 Å². The zero-order chi connectivity index (χ0) is 14.3. The van der Waals surface area contributed by atoms with E-state index in [-0.39, 0.29) is 0 Å². The van der Waals surface area contributed by atoms with Crippen LogP contribution in [0.1, 0.15) is 11.1 Å². The van der Waals surface area contributed by atoms with Gasteiger partial charge in [0.05, 0.1) is 0 Å². The number of imidazole rings is 1. The van der Waals surface area contributed by atoms with E-state index >= 15 is 0 Å². The Morgan fingerprint density at radius 3 is 2.37 bits per heavy atom. The van der Waals surface area contributed by atoms with Crippen molar-refractivity contribution in [2.24, 2.45) is 0 Å². The highest BCUT2D eigenvalue weighted by Crippen LogP contribution is 2.04. The molecule has 6 nitrogen and oxygen atoms in total. The second kappa shape index (κ2) is 6.83. The lowest BCUT2D eigenvalue weighted by atomic mass is 10.1. The van der Waals surface area contributed by atoms with E-state index in [4.69, 9.17) is 17.5 Å². The summed E-state index contributed by atoms with van der Waals surface area (Å²) in [5.74, 6) is 0. The number of rotatable bonds is 3. The van der Waals surface area contributed by atoms with Crippen molar-refractivity contribution in [3.63, 3.8) is 0 Å². The zero-order valence-corrected chi connectivity index (χ0v) is 10.9. The lowest BCUT2D eigenvalue weighted by molar-refractivity contribution is -0.687. The number of benzene rings is 1. The molecular formula is C12H14N2O4S. The van der Waals surface area contributed by atoms with Gasteiger partial charge in [-0.3, -0.25) is 9.54 Å². The summed E-state index contributed by atoms with van der Waals surface area (Å²) in [7, 11) is -4.92. The Kier molecular flexibility index (Phi) is 5.43. The fourth-order valence-corrected chi connectivity index (χ4v) is 1.39. The van der Waals surface area contributed by atoms with Crippen LogP contribution >= 0.6 is 0 Å². The van der Waals surface area contributed by atoms with E-state index in [1.54, 1.807) is 0 Å². The minimum Gasteiger partial charge on any atom is -0.726 e. The largest absolute Gasteiger partial charge is 0.726 e. The van der Waals surface area contributed by atoms with Gasteiger partial charge < -0.3 is 4.55 Å². The van der Waals surface area contributed by atoms with Gasteiger partial charge in [0.2, 0.25) is 16.7 Å². The molecule has 0 radical (unpaired) electrons. The van der Waals surface area contributed by atoms with Crippen molar-refractivity contribution in [3.05, 3.63) is 60.7 Å². The highest BCUT2D eigenvalue weighted by Gasteiger charge is 1.98. The molecule has 0 amide bonds. The minimum atomic E-state index is -4.92. The summed E-state index contributed by atoms with van der Waals surface area (Å²) in [5.41, 5.74) is 2.45. The zero-order valence-electron chi connectivity index (χ0n) is 10.1. The molecule has 19 heavy (non-hydrogen) atoms. The summed E-state index contributed by atoms with van der Waals surface area (Å²) in [5, 5.41) is 0. The molecule has 0 unspecified atom stereocenters. The predicted molar refractivity (Wildman–Crippen MR) is 68.9 cm³/mol. The number of nitrogens with zero attached hydrogens (tertiary/aromatic N) is 1. The first kappa shape index (κ1) is 15.1. The van der Waals surface area contributed by atoms with E-state index in [0.717, 1.165) is 12.1 Å². The molecule has 0 aliphatic rings. The average Bonchev–Trinajstić information content (AvgIpc) is 2.81. The van der Waals surface area contributed by atoms with Crippen molar-refractivity contribution >= 4 is 16.5 Å². The quantitative estimate of drug-likeness (QED) is 0.498. The van der Waals surface area contributed by atoms with Crippen LogP contribution in [-0.4, -0.2) is 22.5 Å². The molecule has 102 valence electrons. The third-order valence-corrected chi connectivity index (χ3v) is 2.18. The van der Waals surface area contributed by atoms with Gasteiger partial charge in [-0.05, 0) is 11.1 Å². The van der Waals surface area contributed by atoms with Crippen molar-refractivity contribution < 1.29 is 22.1 Å². The second-order valence-electron chi connectivity index (χ2n) is 3.66. The smallest absolute Gasteiger partial charge is 0.241 e. The summed E-state index contributed by atoms with van der Waals surface area (Å²) < 4.78 is 34.9. The molecular weight excluding hydrogens is 268 g/mol. The van der Waals surface area contributed by atoms with Crippen LogP contribution in [0.4, 0.5) is 0 Å². The van der Waals surface area contributed by atoms with Crippen molar-refractivity contribution in [2.75, 3.05) is 0 Å².